The number of halogens is 1. The average molecular weight is 319 g/mol. The zero-order valence-corrected chi connectivity index (χ0v) is 12.5. The Morgan fingerprint density at radius 2 is 1.45 bits per heavy atom. The minimum absolute atomic E-state index is 0.410. The molecule has 0 aliphatic heterocycles. The smallest absolute Gasteiger partial charge is 0.328 e. The van der Waals surface area contributed by atoms with Gasteiger partial charge in [-0.15, -0.1) is 0 Å². The van der Waals surface area contributed by atoms with Crippen LogP contribution in [0.5, 0.6) is 11.5 Å². The lowest BCUT2D eigenvalue weighted by atomic mass is 10.2. The second-order valence-corrected chi connectivity index (χ2v) is 4.83. The van der Waals surface area contributed by atoms with Crippen LogP contribution in [-0.2, 0) is 4.79 Å². The summed E-state index contributed by atoms with van der Waals surface area (Å²) < 4.78 is 11.1. The van der Waals surface area contributed by atoms with Gasteiger partial charge in [0.1, 0.15) is 24.7 Å². The van der Waals surface area contributed by atoms with E-state index in [-0.39, 0.29) is 0 Å². The molecule has 2 rings (SSSR count). The van der Waals surface area contributed by atoms with E-state index >= 15 is 0 Å². The largest absolute Gasteiger partial charge is 0.490 e. The van der Waals surface area contributed by atoms with Crippen molar-refractivity contribution in [2.24, 2.45) is 0 Å². The molecule has 114 valence electrons. The third-order valence-corrected chi connectivity index (χ3v) is 2.98. The summed E-state index contributed by atoms with van der Waals surface area (Å²) in [5.41, 5.74) is 0.798. The number of carboxylic acid groups (broad SMARTS) is 1. The Balaban J connectivity index is 1.75. The molecular formula is C17H15ClO4. The highest BCUT2D eigenvalue weighted by molar-refractivity contribution is 6.30. The minimum atomic E-state index is -0.973. The van der Waals surface area contributed by atoms with Crippen LogP contribution in [0, 0.1) is 0 Å². The molecule has 2 aromatic rings. The number of carboxylic acids is 1. The van der Waals surface area contributed by atoms with Crippen LogP contribution in [0.2, 0.25) is 5.02 Å². The SMILES string of the molecule is O=C(O)C=Cc1ccc(OCCOc2ccc(Cl)cc2)cc1. The van der Waals surface area contributed by atoms with Gasteiger partial charge in [0.15, 0.2) is 0 Å². The molecular weight excluding hydrogens is 304 g/mol. The first-order valence-electron chi connectivity index (χ1n) is 6.66. The lowest BCUT2D eigenvalue weighted by Gasteiger charge is -2.08. The Labute approximate surface area is 133 Å². The zero-order chi connectivity index (χ0) is 15.8. The summed E-state index contributed by atoms with van der Waals surface area (Å²) in [6.07, 6.45) is 2.62. The third kappa shape index (κ3) is 5.50. The molecule has 5 heteroatoms. The molecule has 1 N–H and O–H groups in total. The molecule has 2 aromatic carbocycles. The van der Waals surface area contributed by atoms with Crippen molar-refractivity contribution in [3.05, 3.63) is 65.2 Å². The molecule has 0 spiro atoms. The van der Waals surface area contributed by atoms with E-state index in [1.54, 1.807) is 48.5 Å². The first kappa shape index (κ1) is 15.9. The molecule has 0 amide bonds. The Morgan fingerprint density at radius 1 is 0.955 bits per heavy atom. The van der Waals surface area contributed by atoms with Crippen molar-refractivity contribution in [3.8, 4) is 11.5 Å². The summed E-state index contributed by atoms with van der Waals surface area (Å²) >= 11 is 5.79. The normalized spacial score (nSPS) is 10.6. The van der Waals surface area contributed by atoms with Gasteiger partial charge in [-0.2, -0.15) is 0 Å². The molecule has 0 saturated heterocycles. The van der Waals surface area contributed by atoms with E-state index in [0.717, 1.165) is 17.4 Å². The Morgan fingerprint density at radius 3 is 1.95 bits per heavy atom. The molecule has 0 aliphatic carbocycles. The van der Waals surface area contributed by atoms with Gasteiger partial charge in [0.2, 0.25) is 0 Å². The van der Waals surface area contributed by atoms with Crippen molar-refractivity contribution in [2.75, 3.05) is 13.2 Å². The number of hydrogen-bond donors (Lipinski definition) is 1. The lowest BCUT2D eigenvalue weighted by Crippen LogP contribution is -2.08. The first-order valence-corrected chi connectivity index (χ1v) is 7.03. The maximum absolute atomic E-state index is 10.4. The van der Waals surface area contributed by atoms with E-state index in [2.05, 4.69) is 0 Å². The Hall–Kier alpha value is -2.46. The van der Waals surface area contributed by atoms with E-state index in [1.165, 1.54) is 6.08 Å². The molecule has 0 fully saturated rings. The van der Waals surface area contributed by atoms with Gasteiger partial charge in [-0.3, -0.25) is 0 Å². The quantitative estimate of drug-likeness (QED) is 0.621. The van der Waals surface area contributed by atoms with Crippen LogP contribution < -0.4 is 9.47 Å². The van der Waals surface area contributed by atoms with Crippen LogP contribution >= 0.6 is 11.6 Å². The summed E-state index contributed by atoms with van der Waals surface area (Å²) in [6, 6.07) is 14.3. The van der Waals surface area contributed by atoms with E-state index < -0.39 is 5.97 Å². The molecule has 0 saturated carbocycles. The van der Waals surface area contributed by atoms with Gasteiger partial charge in [0, 0.05) is 11.1 Å². The number of carbonyl (C=O) groups is 1. The molecule has 0 bridgehead atoms. The molecule has 0 heterocycles. The summed E-state index contributed by atoms with van der Waals surface area (Å²) in [6.45, 7) is 0.829. The van der Waals surface area contributed by atoms with Gasteiger partial charge in [0.25, 0.3) is 0 Å². The van der Waals surface area contributed by atoms with Crippen molar-refractivity contribution in [1.29, 1.82) is 0 Å². The number of ether oxygens (including phenoxy) is 2. The van der Waals surface area contributed by atoms with Crippen molar-refractivity contribution in [3.63, 3.8) is 0 Å². The first-order chi connectivity index (χ1) is 10.6. The topological polar surface area (TPSA) is 55.8 Å². The maximum Gasteiger partial charge on any atom is 0.328 e. The monoisotopic (exact) mass is 318 g/mol. The van der Waals surface area contributed by atoms with Gasteiger partial charge in [-0.25, -0.2) is 4.79 Å². The predicted octanol–water partition coefficient (Wildman–Crippen LogP) is 3.90. The standard InChI is InChI=1S/C17H15ClO4/c18-14-4-8-16(9-5-14)22-12-11-21-15-6-1-13(2-7-15)3-10-17(19)20/h1-10H,11-12H2,(H,19,20). The predicted molar refractivity (Wildman–Crippen MR) is 85.6 cm³/mol. The Kier molecular flexibility index (Phi) is 5.86. The number of benzene rings is 2. The van der Waals surface area contributed by atoms with Gasteiger partial charge in [-0.1, -0.05) is 23.7 Å². The van der Waals surface area contributed by atoms with Crippen LogP contribution in [0.15, 0.2) is 54.6 Å². The van der Waals surface area contributed by atoms with Crippen LogP contribution in [0.25, 0.3) is 6.08 Å². The highest BCUT2D eigenvalue weighted by Gasteiger charge is 1.97. The third-order valence-electron chi connectivity index (χ3n) is 2.73. The molecule has 0 atom stereocenters. The van der Waals surface area contributed by atoms with Crippen molar-refractivity contribution in [2.45, 2.75) is 0 Å². The van der Waals surface area contributed by atoms with Crippen molar-refractivity contribution in [1.82, 2.24) is 0 Å². The fraction of sp³-hybridized carbons (Fsp3) is 0.118. The second kappa shape index (κ2) is 8.10. The number of hydrogen-bond acceptors (Lipinski definition) is 3. The molecule has 0 aliphatic rings. The zero-order valence-electron chi connectivity index (χ0n) is 11.7. The fourth-order valence-electron chi connectivity index (χ4n) is 1.69. The highest BCUT2D eigenvalue weighted by atomic mass is 35.5. The van der Waals surface area contributed by atoms with Crippen LogP contribution in [0.1, 0.15) is 5.56 Å². The van der Waals surface area contributed by atoms with Crippen LogP contribution in [-0.4, -0.2) is 24.3 Å². The Bertz CT molecular complexity index is 633. The summed E-state index contributed by atoms with van der Waals surface area (Å²) in [7, 11) is 0. The highest BCUT2D eigenvalue weighted by Crippen LogP contribution is 2.16. The van der Waals surface area contributed by atoms with Gasteiger partial charge >= 0.3 is 5.97 Å². The fourth-order valence-corrected chi connectivity index (χ4v) is 1.82. The van der Waals surface area contributed by atoms with Gasteiger partial charge in [0.05, 0.1) is 0 Å². The molecule has 0 radical (unpaired) electrons. The average Bonchev–Trinajstić information content (AvgIpc) is 2.52. The molecule has 0 aromatic heterocycles. The van der Waals surface area contributed by atoms with E-state index in [1.807, 2.05) is 0 Å². The summed E-state index contributed by atoms with van der Waals surface area (Å²) in [5, 5.41) is 9.22. The number of aliphatic carboxylic acids is 1. The molecule has 0 unspecified atom stereocenters. The van der Waals surface area contributed by atoms with Crippen molar-refractivity contribution < 1.29 is 19.4 Å². The maximum atomic E-state index is 10.4. The van der Waals surface area contributed by atoms with Crippen molar-refractivity contribution >= 4 is 23.6 Å². The minimum Gasteiger partial charge on any atom is -0.490 e. The van der Waals surface area contributed by atoms with E-state index in [4.69, 9.17) is 26.2 Å². The second-order valence-electron chi connectivity index (χ2n) is 4.39. The lowest BCUT2D eigenvalue weighted by molar-refractivity contribution is -0.131. The van der Waals surface area contributed by atoms with E-state index in [0.29, 0.717) is 24.0 Å². The van der Waals surface area contributed by atoms with Crippen LogP contribution in [0.4, 0.5) is 0 Å². The van der Waals surface area contributed by atoms with Gasteiger partial charge < -0.3 is 14.6 Å². The summed E-state index contributed by atoms with van der Waals surface area (Å²) in [5.74, 6) is 0.467. The van der Waals surface area contributed by atoms with Gasteiger partial charge in [-0.05, 0) is 48.0 Å². The molecule has 22 heavy (non-hydrogen) atoms. The number of rotatable bonds is 7. The van der Waals surface area contributed by atoms with Crippen LogP contribution in [0.3, 0.4) is 0 Å². The van der Waals surface area contributed by atoms with E-state index in [9.17, 15) is 4.79 Å². The summed E-state index contributed by atoms with van der Waals surface area (Å²) in [4.78, 5) is 10.4. The molecule has 4 nitrogen and oxygen atoms in total.